The number of nitrogens with one attached hydrogen (secondary N) is 1. The molecule has 3 rings (SSSR count). The number of rotatable bonds is 6. The molecule has 0 heterocycles. The molecule has 0 fully saturated rings. The lowest BCUT2D eigenvalue weighted by molar-refractivity contribution is 0.414. The summed E-state index contributed by atoms with van der Waals surface area (Å²) in [6, 6.07) is 18.3. The lowest BCUT2D eigenvalue weighted by Crippen LogP contribution is -2.26. The van der Waals surface area contributed by atoms with Crippen LogP contribution in [0.15, 0.2) is 66.7 Å². The first-order chi connectivity index (χ1) is 13.0. The van der Waals surface area contributed by atoms with Crippen molar-refractivity contribution < 1.29 is 13.5 Å². The van der Waals surface area contributed by atoms with Gasteiger partial charge < -0.3 is 10.5 Å². The summed E-state index contributed by atoms with van der Waals surface area (Å²) in [5.41, 5.74) is 8.94. The largest absolute Gasteiger partial charge is 0.497 e. The Bertz CT molecular complexity index is 912. The van der Waals surface area contributed by atoms with Crippen molar-refractivity contribution in [2.24, 2.45) is 0 Å². The molecule has 0 aromatic heterocycles. The van der Waals surface area contributed by atoms with Crippen molar-refractivity contribution in [3.8, 4) is 5.75 Å². The third kappa shape index (κ3) is 4.44. The SMILES string of the molecule is COc1ccc(C(NC(C)c2ccc(F)cc2F)c2cccc(N)c2)cc1. The van der Waals surface area contributed by atoms with Gasteiger partial charge in [0.05, 0.1) is 13.2 Å². The molecule has 0 amide bonds. The van der Waals surface area contributed by atoms with Gasteiger partial charge in [-0.1, -0.05) is 30.3 Å². The van der Waals surface area contributed by atoms with Gasteiger partial charge in [0.15, 0.2) is 0 Å². The number of benzene rings is 3. The standard InChI is InChI=1S/C22H22F2N2O/c1-14(20-11-8-17(23)13-21(20)24)26-22(16-4-3-5-18(25)12-16)15-6-9-19(27-2)10-7-15/h3-14,22,26H,25H2,1-2H3. The molecule has 0 aliphatic rings. The van der Waals surface area contributed by atoms with E-state index in [-0.39, 0.29) is 12.1 Å². The summed E-state index contributed by atoms with van der Waals surface area (Å²) in [6.07, 6.45) is 0. The van der Waals surface area contributed by atoms with E-state index >= 15 is 0 Å². The highest BCUT2D eigenvalue weighted by atomic mass is 19.1. The number of methoxy groups -OCH3 is 1. The summed E-state index contributed by atoms with van der Waals surface area (Å²) in [5, 5.41) is 3.43. The Kier molecular flexibility index (Phi) is 5.72. The van der Waals surface area contributed by atoms with Crippen LogP contribution >= 0.6 is 0 Å². The Morgan fingerprint density at radius 3 is 2.30 bits per heavy atom. The molecule has 0 aliphatic heterocycles. The molecule has 2 unspecified atom stereocenters. The van der Waals surface area contributed by atoms with Crippen molar-refractivity contribution in [3.05, 3.63) is 95.1 Å². The summed E-state index contributed by atoms with van der Waals surface area (Å²) in [6.45, 7) is 1.85. The molecule has 140 valence electrons. The Hall–Kier alpha value is -2.92. The number of hydrogen-bond donors (Lipinski definition) is 2. The van der Waals surface area contributed by atoms with E-state index in [9.17, 15) is 8.78 Å². The Balaban J connectivity index is 1.96. The predicted octanol–water partition coefficient (Wildman–Crippen LogP) is 5.00. The van der Waals surface area contributed by atoms with Crippen molar-refractivity contribution in [2.75, 3.05) is 12.8 Å². The third-order valence-electron chi connectivity index (χ3n) is 4.54. The molecule has 3 nitrogen and oxygen atoms in total. The van der Waals surface area contributed by atoms with Crippen molar-refractivity contribution >= 4 is 5.69 Å². The van der Waals surface area contributed by atoms with Crippen LogP contribution in [0.1, 0.15) is 35.7 Å². The van der Waals surface area contributed by atoms with E-state index in [2.05, 4.69) is 5.32 Å². The van der Waals surface area contributed by atoms with Crippen LogP contribution in [0.25, 0.3) is 0 Å². The molecule has 5 heteroatoms. The highest BCUT2D eigenvalue weighted by molar-refractivity contribution is 5.45. The molecule has 3 aromatic rings. The van der Waals surface area contributed by atoms with E-state index in [4.69, 9.17) is 10.5 Å². The van der Waals surface area contributed by atoms with Crippen molar-refractivity contribution in [3.63, 3.8) is 0 Å². The van der Waals surface area contributed by atoms with Crippen LogP contribution in [0, 0.1) is 11.6 Å². The molecule has 3 aromatic carbocycles. The van der Waals surface area contributed by atoms with Gasteiger partial charge >= 0.3 is 0 Å². The number of halogens is 2. The van der Waals surface area contributed by atoms with Gasteiger partial charge in [0.25, 0.3) is 0 Å². The van der Waals surface area contributed by atoms with Crippen LogP contribution in [0.2, 0.25) is 0 Å². The van der Waals surface area contributed by atoms with Gasteiger partial charge in [0, 0.05) is 23.4 Å². The number of ether oxygens (including phenoxy) is 1. The average Bonchev–Trinajstić information content (AvgIpc) is 2.66. The number of nitrogens with two attached hydrogens (primary N) is 1. The monoisotopic (exact) mass is 368 g/mol. The summed E-state index contributed by atoms with van der Waals surface area (Å²) in [7, 11) is 1.61. The molecule has 0 radical (unpaired) electrons. The Morgan fingerprint density at radius 2 is 1.67 bits per heavy atom. The lowest BCUT2D eigenvalue weighted by Gasteiger charge is -2.25. The fourth-order valence-corrected chi connectivity index (χ4v) is 3.11. The van der Waals surface area contributed by atoms with Gasteiger partial charge in [-0.05, 0) is 48.4 Å². The van der Waals surface area contributed by atoms with E-state index in [1.54, 1.807) is 7.11 Å². The van der Waals surface area contributed by atoms with E-state index in [0.29, 0.717) is 11.3 Å². The molecule has 0 saturated carbocycles. The zero-order valence-corrected chi connectivity index (χ0v) is 15.2. The van der Waals surface area contributed by atoms with Crippen LogP contribution in [0.4, 0.5) is 14.5 Å². The predicted molar refractivity (Wildman–Crippen MR) is 104 cm³/mol. The van der Waals surface area contributed by atoms with Crippen LogP contribution in [-0.4, -0.2) is 7.11 Å². The van der Waals surface area contributed by atoms with Crippen LogP contribution in [0.5, 0.6) is 5.75 Å². The summed E-state index contributed by atoms with van der Waals surface area (Å²) in [5.74, 6) is -0.412. The van der Waals surface area contributed by atoms with Gasteiger partial charge in [-0.15, -0.1) is 0 Å². The number of anilines is 1. The maximum absolute atomic E-state index is 14.2. The highest BCUT2D eigenvalue weighted by Gasteiger charge is 2.20. The first-order valence-electron chi connectivity index (χ1n) is 8.68. The average molecular weight is 368 g/mol. The summed E-state index contributed by atoms with van der Waals surface area (Å²) < 4.78 is 32.7. The molecule has 0 bridgehead atoms. The molecule has 0 spiro atoms. The van der Waals surface area contributed by atoms with Crippen LogP contribution in [-0.2, 0) is 0 Å². The van der Waals surface area contributed by atoms with Crippen molar-refractivity contribution in [2.45, 2.75) is 19.0 Å². The minimum Gasteiger partial charge on any atom is -0.497 e. The minimum atomic E-state index is -0.592. The fraction of sp³-hybridized carbons (Fsp3) is 0.182. The van der Waals surface area contributed by atoms with Gasteiger partial charge in [0.2, 0.25) is 0 Å². The first kappa shape index (κ1) is 18.9. The van der Waals surface area contributed by atoms with Crippen LogP contribution < -0.4 is 15.8 Å². The summed E-state index contributed by atoms with van der Waals surface area (Å²) in [4.78, 5) is 0. The molecule has 2 atom stereocenters. The lowest BCUT2D eigenvalue weighted by atomic mass is 9.96. The zero-order valence-electron chi connectivity index (χ0n) is 15.2. The third-order valence-corrected chi connectivity index (χ3v) is 4.54. The first-order valence-corrected chi connectivity index (χ1v) is 8.68. The molecular formula is C22H22F2N2O. The van der Waals surface area contributed by atoms with Crippen molar-refractivity contribution in [1.29, 1.82) is 0 Å². The van der Waals surface area contributed by atoms with E-state index in [1.807, 2.05) is 55.5 Å². The summed E-state index contributed by atoms with van der Waals surface area (Å²) >= 11 is 0. The molecule has 0 saturated heterocycles. The second-order valence-corrected chi connectivity index (χ2v) is 6.43. The molecule has 27 heavy (non-hydrogen) atoms. The maximum atomic E-state index is 14.2. The molecule has 0 aliphatic carbocycles. The smallest absolute Gasteiger partial charge is 0.130 e. The van der Waals surface area contributed by atoms with Gasteiger partial charge in [0.1, 0.15) is 17.4 Å². The second-order valence-electron chi connectivity index (χ2n) is 6.43. The topological polar surface area (TPSA) is 47.3 Å². The van der Waals surface area contributed by atoms with E-state index in [0.717, 1.165) is 22.9 Å². The van der Waals surface area contributed by atoms with Crippen molar-refractivity contribution in [1.82, 2.24) is 5.32 Å². The Morgan fingerprint density at radius 1 is 0.926 bits per heavy atom. The van der Waals surface area contributed by atoms with Gasteiger partial charge in [-0.3, -0.25) is 5.32 Å². The highest BCUT2D eigenvalue weighted by Crippen LogP contribution is 2.29. The zero-order chi connectivity index (χ0) is 19.4. The van der Waals surface area contributed by atoms with Gasteiger partial charge in [-0.2, -0.15) is 0 Å². The fourth-order valence-electron chi connectivity index (χ4n) is 3.11. The van der Waals surface area contributed by atoms with E-state index < -0.39 is 11.6 Å². The van der Waals surface area contributed by atoms with E-state index in [1.165, 1.54) is 12.1 Å². The number of nitrogen functional groups attached to an aromatic ring is 1. The second kappa shape index (κ2) is 8.18. The normalized spacial score (nSPS) is 13.2. The quantitative estimate of drug-likeness (QED) is 0.602. The maximum Gasteiger partial charge on any atom is 0.130 e. The molecular weight excluding hydrogens is 346 g/mol. The minimum absolute atomic E-state index is 0.223. The van der Waals surface area contributed by atoms with Crippen LogP contribution in [0.3, 0.4) is 0 Å². The van der Waals surface area contributed by atoms with Gasteiger partial charge in [-0.25, -0.2) is 8.78 Å². The Labute approximate surface area is 157 Å². The molecule has 3 N–H and O–H groups in total. The number of hydrogen-bond acceptors (Lipinski definition) is 3.